The number of aliphatic hydroxyl groups excluding tert-OH is 1. The largest absolute Gasteiger partial charge is 0.491 e. The van der Waals surface area contributed by atoms with Crippen molar-refractivity contribution >= 4 is 11.6 Å². The molecule has 0 unspecified atom stereocenters. The molecule has 1 heterocycles. The molecular weight excluding hydrogens is 366 g/mol. The summed E-state index contributed by atoms with van der Waals surface area (Å²) in [7, 11) is 0. The highest BCUT2D eigenvalue weighted by Crippen LogP contribution is 2.19. The van der Waals surface area contributed by atoms with Crippen molar-refractivity contribution in [3.63, 3.8) is 0 Å². The van der Waals surface area contributed by atoms with Gasteiger partial charge in [-0.1, -0.05) is 36.4 Å². The van der Waals surface area contributed by atoms with Crippen LogP contribution in [0.4, 0.5) is 5.69 Å². The Labute approximate surface area is 173 Å². The van der Waals surface area contributed by atoms with Crippen molar-refractivity contribution < 1.29 is 14.6 Å². The normalized spacial score (nSPS) is 16.4. The molecular formula is C23H31N3O3. The van der Waals surface area contributed by atoms with E-state index >= 15 is 0 Å². The van der Waals surface area contributed by atoms with Crippen molar-refractivity contribution in [1.29, 1.82) is 0 Å². The Morgan fingerprint density at radius 2 is 1.62 bits per heavy atom. The number of hydrogen-bond acceptors (Lipinski definition) is 5. The van der Waals surface area contributed by atoms with Crippen molar-refractivity contribution in [2.24, 2.45) is 0 Å². The van der Waals surface area contributed by atoms with E-state index in [-0.39, 0.29) is 12.5 Å². The molecule has 1 aliphatic rings. The maximum atomic E-state index is 12.4. The summed E-state index contributed by atoms with van der Waals surface area (Å²) in [5, 5.41) is 13.3. The molecule has 0 aliphatic carbocycles. The first-order chi connectivity index (χ1) is 14.0. The minimum atomic E-state index is -0.533. The maximum absolute atomic E-state index is 12.4. The number of aryl methyl sites for hydroxylation is 2. The molecule has 0 aromatic heterocycles. The van der Waals surface area contributed by atoms with E-state index in [0.29, 0.717) is 13.1 Å². The average molecular weight is 398 g/mol. The molecule has 6 heteroatoms. The molecule has 0 bridgehead atoms. The van der Waals surface area contributed by atoms with Crippen LogP contribution in [0, 0.1) is 13.8 Å². The summed E-state index contributed by atoms with van der Waals surface area (Å²) in [4.78, 5) is 16.8. The van der Waals surface area contributed by atoms with Gasteiger partial charge in [-0.15, -0.1) is 0 Å². The Morgan fingerprint density at radius 3 is 2.28 bits per heavy atom. The van der Waals surface area contributed by atoms with Crippen LogP contribution in [-0.4, -0.2) is 72.8 Å². The van der Waals surface area contributed by atoms with Crippen molar-refractivity contribution in [3.05, 3.63) is 59.7 Å². The lowest BCUT2D eigenvalue weighted by Gasteiger charge is -2.35. The monoisotopic (exact) mass is 397 g/mol. The number of β-amino-alcohol motifs (C(OH)–C–C–N with tert-alkyl or cyclic N) is 1. The van der Waals surface area contributed by atoms with E-state index in [1.165, 1.54) is 0 Å². The molecule has 1 amide bonds. The first-order valence-corrected chi connectivity index (χ1v) is 10.2. The van der Waals surface area contributed by atoms with Gasteiger partial charge in [0, 0.05) is 38.4 Å². The molecule has 0 spiro atoms. The summed E-state index contributed by atoms with van der Waals surface area (Å²) in [5.41, 5.74) is 3.07. The van der Waals surface area contributed by atoms with Gasteiger partial charge in [0.2, 0.25) is 5.91 Å². The number of rotatable bonds is 8. The van der Waals surface area contributed by atoms with Crippen LogP contribution in [0.3, 0.4) is 0 Å². The van der Waals surface area contributed by atoms with Crippen molar-refractivity contribution in [3.8, 4) is 5.75 Å². The number of benzene rings is 2. The van der Waals surface area contributed by atoms with E-state index in [1.807, 2.05) is 62.4 Å². The smallest absolute Gasteiger partial charge is 0.238 e. The van der Waals surface area contributed by atoms with Gasteiger partial charge in [0.1, 0.15) is 18.5 Å². The molecule has 2 N–H and O–H groups in total. The minimum Gasteiger partial charge on any atom is -0.491 e. The van der Waals surface area contributed by atoms with Crippen molar-refractivity contribution in [2.45, 2.75) is 20.0 Å². The molecule has 1 atom stereocenters. The summed E-state index contributed by atoms with van der Waals surface area (Å²) in [6.07, 6.45) is -0.533. The molecule has 0 saturated carbocycles. The van der Waals surface area contributed by atoms with Gasteiger partial charge in [0.25, 0.3) is 0 Å². The Bertz CT molecular complexity index is 769. The predicted molar refractivity (Wildman–Crippen MR) is 115 cm³/mol. The molecule has 3 rings (SSSR count). The second-order valence-corrected chi connectivity index (χ2v) is 7.67. The van der Waals surface area contributed by atoms with Crippen LogP contribution in [0.25, 0.3) is 0 Å². The average Bonchev–Trinajstić information content (AvgIpc) is 2.72. The second kappa shape index (κ2) is 10.4. The number of nitrogens with zero attached hydrogens (tertiary/aromatic N) is 2. The van der Waals surface area contributed by atoms with Crippen LogP contribution in [0.5, 0.6) is 5.75 Å². The second-order valence-electron chi connectivity index (χ2n) is 7.67. The van der Waals surface area contributed by atoms with Crippen LogP contribution in [0.1, 0.15) is 11.1 Å². The third kappa shape index (κ3) is 6.56. The summed E-state index contributed by atoms with van der Waals surface area (Å²) in [6, 6.07) is 15.5. The van der Waals surface area contributed by atoms with Crippen LogP contribution in [-0.2, 0) is 4.79 Å². The first-order valence-electron chi connectivity index (χ1n) is 10.2. The van der Waals surface area contributed by atoms with E-state index in [9.17, 15) is 9.90 Å². The van der Waals surface area contributed by atoms with Gasteiger partial charge in [-0.25, -0.2) is 0 Å². The summed E-state index contributed by atoms with van der Waals surface area (Å²) < 4.78 is 5.62. The molecule has 29 heavy (non-hydrogen) atoms. The van der Waals surface area contributed by atoms with E-state index in [2.05, 4.69) is 15.1 Å². The highest BCUT2D eigenvalue weighted by Gasteiger charge is 2.21. The molecule has 156 valence electrons. The van der Waals surface area contributed by atoms with Crippen molar-refractivity contribution in [2.75, 3.05) is 51.2 Å². The van der Waals surface area contributed by atoms with Gasteiger partial charge in [-0.3, -0.25) is 14.6 Å². The number of piperazine rings is 1. The molecule has 1 fully saturated rings. The van der Waals surface area contributed by atoms with E-state index in [1.54, 1.807) is 0 Å². The molecule has 1 saturated heterocycles. The topological polar surface area (TPSA) is 65.0 Å². The SMILES string of the molecule is Cc1cccc(C)c1NC(=O)CN1CCN(C[C@@H](O)COc2ccccc2)CC1. The van der Waals surface area contributed by atoms with E-state index < -0.39 is 6.10 Å². The van der Waals surface area contributed by atoms with Gasteiger partial charge in [0.05, 0.1) is 6.54 Å². The molecule has 0 radical (unpaired) electrons. The van der Waals surface area contributed by atoms with E-state index in [0.717, 1.165) is 48.7 Å². The number of amides is 1. The van der Waals surface area contributed by atoms with Crippen LogP contribution >= 0.6 is 0 Å². The van der Waals surface area contributed by atoms with Crippen LogP contribution in [0.15, 0.2) is 48.5 Å². The molecule has 2 aromatic carbocycles. The molecule has 6 nitrogen and oxygen atoms in total. The summed E-state index contributed by atoms with van der Waals surface area (Å²) >= 11 is 0. The Balaban J connectivity index is 1.37. The number of ether oxygens (including phenoxy) is 1. The number of anilines is 1. The van der Waals surface area contributed by atoms with Gasteiger partial charge in [-0.2, -0.15) is 0 Å². The molecule has 1 aliphatic heterocycles. The number of carbonyl (C=O) groups is 1. The fraction of sp³-hybridized carbons (Fsp3) is 0.435. The van der Waals surface area contributed by atoms with Crippen LogP contribution in [0.2, 0.25) is 0 Å². The van der Waals surface area contributed by atoms with Gasteiger partial charge >= 0.3 is 0 Å². The van der Waals surface area contributed by atoms with Gasteiger partial charge < -0.3 is 15.2 Å². The third-order valence-corrected chi connectivity index (χ3v) is 5.23. The lowest BCUT2D eigenvalue weighted by molar-refractivity contribution is -0.117. The zero-order chi connectivity index (χ0) is 20.6. The quantitative estimate of drug-likeness (QED) is 0.716. The highest BCUT2D eigenvalue weighted by molar-refractivity contribution is 5.93. The fourth-order valence-corrected chi connectivity index (χ4v) is 3.58. The summed E-state index contributed by atoms with van der Waals surface area (Å²) in [5.74, 6) is 0.790. The zero-order valence-electron chi connectivity index (χ0n) is 17.3. The highest BCUT2D eigenvalue weighted by atomic mass is 16.5. The number of nitrogens with one attached hydrogen (secondary N) is 1. The summed E-state index contributed by atoms with van der Waals surface area (Å²) in [6.45, 7) is 8.55. The number of hydrogen-bond donors (Lipinski definition) is 2. The third-order valence-electron chi connectivity index (χ3n) is 5.23. The van der Waals surface area contributed by atoms with Crippen molar-refractivity contribution in [1.82, 2.24) is 9.80 Å². The van der Waals surface area contributed by atoms with Gasteiger partial charge in [0.15, 0.2) is 0 Å². The lowest BCUT2D eigenvalue weighted by Crippen LogP contribution is -2.50. The maximum Gasteiger partial charge on any atom is 0.238 e. The predicted octanol–water partition coefficient (Wildman–Crippen LogP) is 2.30. The standard InChI is InChI=1S/C23H31N3O3/c1-18-7-6-8-19(2)23(18)24-22(28)16-26-13-11-25(12-14-26)15-20(27)17-29-21-9-4-3-5-10-21/h3-10,20,27H,11-17H2,1-2H3,(H,24,28)/t20-/m1/s1. The zero-order valence-corrected chi connectivity index (χ0v) is 17.3. The number of carbonyl (C=O) groups excluding carboxylic acids is 1. The minimum absolute atomic E-state index is 0.0205. The Kier molecular flexibility index (Phi) is 7.63. The fourth-order valence-electron chi connectivity index (χ4n) is 3.58. The Hall–Kier alpha value is -2.41. The van der Waals surface area contributed by atoms with Gasteiger partial charge in [-0.05, 0) is 37.1 Å². The first kappa shape index (κ1) is 21.3. The lowest BCUT2D eigenvalue weighted by atomic mass is 10.1. The van der Waals surface area contributed by atoms with E-state index in [4.69, 9.17) is 4.74 Å². The van der Waals surface area contributed by atoms with Crippen LogP contribution < -0.4 is 10.1 Å². The number of aliphatic hydroxyl groups is 1. The number of para-hydroxylation sites is 2. The molecule has 2 aromatic rings. The Morgan fingerprint density at radius 1 is 1.00 bits per heavy atom.